The third-order valence-electron chi connectivity index (χ3n) is 2.94. The lowest BCUT2D eigenvalue weighted by molar-refractivity contribution is -0.384. The first-order chi connectivity index (χ1) is 11.4. The molecule has 0 unspecified atom stereocenters. The molecule has 0 fully saturated rings. The van der Waals surface area contributed by atoms with Crippen LogP contribution in [0.3, 0.4) is 0 Å². The summed E-state index contributed by atoms with van der Waals surface area (Å²) in [6, 6.07) is 8.87. The van der Waals surface area contributed by atoms with Crippen LogP contribution in [0.1, 0.15) is 10.4 Å². The Kier molecular flexibility index (Phi) is 4.95. The van der Waals surface area contributed by atoms with Crippen LogP contribution >= 0.6 is 0 Å². The average molecular weight is 332 g/mol. The second-order valence-corrected chi connectivity index (χ2v) is 4.49. The number of carboxylic acids is 1. The van der Waals surface area contributed by atoms with Crippen LogP contribution in [0.4, 0.5) is 16.2 Å². The molecule has 0 aliphatic rings. The van der Waals surface area contributed by atoms with Gasteiger partial charge < -0.3 is 14.6 Å². The Balaban J connectivity index is 2.09. The molecule has 2 N–H and O–H groups in total. The number of hydrogen-bond acceptors (Lipinski definition) is 6. The lowest BCUT2D eigenvalue weighted by Gasteiger charge is -2.11. The number of nitrogens with zero attached hydrogens (tertiary/aromatic N) is 1. The second kappa shape index (κ2) is 7.09. The molecular formula is C15H12N2O7. The van der Waals surface area contributed by atoms with Gasteiger partial charge >= 0.3 is 12.1 Å². The van der Waals surface area contributed by atoms with E-state index in [0.717, 1.165) is 0 Å². The van der Waals surface area contributed by atoms with Crippen molar-refractivity contribution < 1.29 is 29.1 Å². The van der Waals surface area contributed by atoms with Crippen molar-refractivity contribution in [3.05, 3.63) is 58.1 Å². The molecule has 0 saturated carbocycles. The number of carbonyl (C=O) groups excluding carboxylic acids is 1. The Bertz CT molecular complexity index is 787. The number of methoxy groups -OCH3 is 1. The number of carbonyl (C=O) groups is 2. The van der Waals surface area contributed by atoms with Crippen LogP contribution in [-0.4, -0.2) is 29.2 Å². The number of nitrogens with one attached hydrogen (secondary N) is 1. The highest BCUT2D eigenvalue weighted by Crippen LogP contribution is 2.26. The molecule has 1 amide bonds. The monoisotopic (exact) mass is 332 g/mol. The average Bonchev–Trinajstić information content (AvgIpc) is 2.55. The van der Waals surface area contributed by atoms with Crippen molar-refractivity contribution >= 4 is 23.4 Å². The first kappa shape index (κ1) is 16.7. The van der Waals surface area contributed by atoms with Crippen molar-refractivity contribution in [3.8, 4) is 11.5 Å². The summed E-state index contributed by atoms with van der Waals surface area (Å²) in [7, 11) is 1.33. The molecule has 2 aromatic rings. The summed E-state index contributed by atoms with van der Waals surface area (Å²) >= 11 is 0. The number of rotatable bonds is 5. The Labute approximate surface area is 135 Å². The lowest BCUT2D eigenvalue weighted by atomic mass is 10.2. The normalized spacial score (nSPS) is 9.88. The predicted octanol–water partition coefficient (Wildman–Crippen LogP) is 2.91. The van der Waals surface area contributed by atoms with E-state index >= 15 is 0 Å². The van der Waals surface area contributed by atoms with Crippen molar-refractivity contribution in [3.63, 3.8) is 0 Å². The number of anilines is 1. The van der Waals surface area contributed by atoms with Gasteiger partial charge in [-0.2, -0.15) is 0 Å². The highest BCUT2D eigenvalue weighted by Gasteiger charge is 2.13. The van der Waals surface area contributed by atoms with Gasteiger partial charge in [0, 0.05) is 12.1 Å². The van der Waals surface area contributed by atoms with Crippen molar-refractivity contribution in [2.24, 2.45) is 0 Å². The van der Waals surface area contributed by atoms with Gasteiger partial charge in [0.25, 0.3) is 5.69 Å². The highest BCUT2D eigenvalue weighted by molar-refractivity contribution is 5.92. The summed E-state index contributed by atoms with van der Waals surface area (Å²) < 4.78 is 10.0. The zero-order valence-electron chi connectivity index (χ0n) is 12.4. The first-order valence-electron chi connectivity index (χ1n) is 6.55. The molecule has 0 radical (unpaired) electrons. The van der Waals surface area contributed by atoms with E-state index in [1.54, 1.807) is 0 Å². The fourth-order valence-corrected chi connectivity index (χ4v) is 1.81. The number of benzene rings is 2. The maximum absolute atomic E-state index is 11.8. The van der Waals surface area contributed by atoms with Crippen LogP contribution in [0.2, 0.25) is 0 Å². The Morgan fingerprint density at radius 1 is 1.17 bits per heavy atom. The highest BCUT2D eigenvalue weighted by atomic mass is 16.6. The number of hydrogen-bond donors (Lipinski definition) is 2. The van der Waals surface area contributed by atoms with Gasteiger partial charge in [-0.25, -0.2) is 9.59 Å². The number of amides is 1. The molecule has 2 rings (SSSR count). The molecule has 2 aromatic carbocycles. The largest absolute Gasteiger partial charge is 0.495 e. The van der Waals surface area contributed by atoms with Crippen LogP contribution in [0.25, 0.3) is 0 Å². The van der Waals surface area contributed by atoms with Crippen molar-refractivity contribution in [1.29, 1.82) is 0 Å². The number of carboxylic acid groups (broad SMARTS) is 1. The van der Waals surface area contributed by atoms with Gasteiger partial charge in [0.1, 0.15) is 11.5 Å². The number of nitro groups is 1. The molecule has 0 heterocycles. The summed E-state index contributed by atoms with van der Waals surface area (Å²) in [5.41, 5.74) is 0.0873. The van der Waals surface area contributed by atoms with Gasteiger partial charge in [-0.1, -0.05) is 0 Å². The SMILES string of the molecule is COc1cc(C(=O)O)ccc1NC(=O)Oc1ccc([N+](=O)[O-])cc1. The van der Waals surface area contributed by atoms with Crippen molar-refractivity contribution in [2.45, 2.75) is 0 Å². The van der Waals surface area contributed by atoms with Crippen LogP contribution < -0.4 is 14.8 Å². The Hall–Kier alpha value is -3.62. The minimum Gasteiger partial charge on any atom is -0.495 e. The fraction of sp³-hybridized carbons (Fsp3) is 0.0667. The number of aromatic carboxylic acids is 1. The number of nitro benzene ring substituents is 1. The molecule has 0 aromatic heterocycles. The van der Waals surface area contributed by atoms with Gasteiger partial charge in [-0.15, -0.1) is 0 Å². The zero-order valence-corrected chi connectivity index (χ0v) is 12.4. The standard InChI is InChI=1S/C15H12N2O7/c1-23-13-8-9(14(18)19)2-7-12(13)16-15(20)24-11-5-3-10(4-6-11)17(21)22/h2-8H,1H3,(H,16,20)(H,18,19). The molecule has 9 nitrogen and oxygen atoms in total. The van der Waals surface area contributed by atoms with E-state index in [4.69, 9.17) is 14.6 Å². The topological polar surface area (TPSA) is 128 Å². The van der Waals surface area contributed by atoms with Gasteiger partial charge in [0.05, 0.1) is 23.3 Å². The molecule has 124 valence electrons. The van der Waals surface area contributed by atoms with Gasteiger partial charge in [0.15, 0.2) is 0 Å². The summed E-state index contributed by atoms with van der Waals surface area (Å²) in [4.78, 5) is 32.7. The van der Waals surface area contributed by atoms with E-state index in [-0.39, 0.29) is 28.4 Å². The predicted molar refractivity (Wildman–Crippen MR) is 82.7 cm³/mol. The molecule has 24 heavy (non-hydrogen) atoms. The lowest BCUT2D eigenvalue weighted by Crippen LogP contribution is -2.17. The van der Waals surface area contributed by atoms with Crippen LogP contribution in [0.15, 0.2) is 42.5 Å². The van der Waals surface area contributed by atoms with Crippen LogP contribution in [-0.2, 0) is 0 Å². The maximum atomic E-state index is 11.8. The van der Waals surface area contributed by atoms with Crippen LogP contribution in [0.5, 0.6) is 11.5 Å². The number of non-ortho nitro benzene ring substituents is 1. The molecule has 0 atom stereocenters. The molecule has 9 heteroatoms. The molecular weight excluding hydrogens is 320 g/mol. The first-order valence-corrected chi connectivity index (χ1v) is 6.55. The third kappa shape index (κ3) is 3.97. The molecule has 0 aliphatic carbocycles. The van der Waals surface area contributed by atoms with Crippen molar-refractivity contribution in [1.82, 2.24) is 0 Å². The maximum Gasteiger partial charge on any atom is 0.417 e. The van der Waals surface area contributed by atoms with Gasteiger partial charge in [-0.3, -0.25) is 15.4 Å². The van der Waals surface area contributed by atoms with Gasteiger partial charge in [0.2, 0.25) is 0 Å². The Morgan fingerprint density at radius 2 is 1.83 bits per heavy atom. The van der Waals surface area contributed by atoms with Crippen molar-refractivity contribution in [2.75, 3.05) is 12.4 Å². The zero-order chi connectivity index (χ0) is 17.7. The van der Waals surface area contributed by atoms with E-state index in [2.05, 4.69) is 5.32 Å². The van der Waals surface area contributed by atoms with E-state index < -0.39 is 17.0 Å². The number of ether oxygens (including phenoxy) is 2. The molecule has 0 spiro atoms. The second-order valence-electron chi connectivity index (χ2n) is 4.49. The van der Waals surface area contributed by atoms with E-state index in [1.165, 1.54) is 49.6 Å². The minimum atomic E-state index is -1.13. The summed E-state index contributed by atoms with van der Waals surface area (Å²) in [6.45, 7) is 0. The summed E-state index contributed by atoms with van der Waals surface area (Å²) in [6.07, 6.45) is -0.856. The summed E-state index contributed by atoms with van der Waals surface area (Å²) in [5, 5.41) is 21.9. The third-order valence-corrected chi connectivity index (χ3v) is 2.94. The van der Waals surface area contributed by atoms with E-state index in [1.807, 2.05) is 0 Å². The molecule has 0 aliphatic heterocycles. The summed E-state index contributed by atoms with van der Waals surface area (Å²) in [5.74, 6) is -0.872. The molecule has 0 bridgehead atoms. The van der Waals surface area contributed by atoms with E-state index in [0.29, 0.717) is 0 Å². The quantitative estimate of drug-likeness (QED) is 0.636. The molecule has 0 saturated heterocycles. The fourth-order valence-electron chi connectivity index (χ4n) is 1.81. The van der Waals surface area contributed by atoms with E-state index in [9.17, 15) is 19.7 Å². The smallest absolute Gasteiger partial charge is 0.417 e. The van der Waals surface area contributed by atoms with Crippen LogP contribution in [0, 0.1) is 10.1 Å². The minimum absolute atomic E-state index is 0.00105. The Morgan fingerprint density at radius 3 is 2.38 bits per heavy atom. The van der Waals surface area contributed by atoms with Gasteiger partial charge in [-0.05, 0) is 30.3 Å².